The van der Waals surface area contributed by atoms with Crippen LogP contribution in [0.4, 0.5) is 5.82 Å². The molecule has 1 aliphatic rings. The Kier molecular flexibility index (Phi) is 4.46. The van der Waals surface area contributed by atoms with Gasteiger partial charge >= 0.3 is 5.69 Å². The van der Waals surface area contributed by atoms with Crippen LogP contribution in [0.15, 0.2) is 17.1 Å². The third-order valence-electron chi connectivity index (χ3n) is 2.80. The highest BCUT2D eigenvalue weighted by atomic mass is 31.1. The van der Waals surface area contributed by atoms with Crippen LogP contribution in [0.1, 0.15) is 6.23 Å². The fraction of sp³-hybridized carbons (Fsp3) is 0.556. The van der Waals surface area contributed by atoms with Gasteiger partial charge in [0.1, 0.15) is 24.1 Å². The third-order valence-corrected chi connectivity index (χ3v) is 3.18. The van der Waals surface area contributed by atoms with Gasteiger partial charge in [-0.1, -0.05) is 0 Å². The van der Waals surface area contributed by atoms with Crippen molar-refractivity contribution in [2.75, 3.05) is 12.3 Å². The SMILES string of the molecule is Nc1ccn([C@H]2O[C@@H](CO)[C@H](OPO)[C@@H]2O)c(=O)n1. The van der Waals surface area contributed by atoms with E-state index >= 15 is 0 Å². The number of hydrogen-bond acceptors (Lipinski definition) is 8. The summed E-state index contributed by atoms with van der Waals surface area (Å²) in [4.78, 5) is 23.9. The van der Waals surface area contributed by atoms with Gasteiger partial charge in [0, 0.05) is 6.20 Å². The molecule has 2 heterocycles. The number of hydrogen-bond donors (Lipinski definition) is 4. The number of aliphatic hydroxyl groups is 2. The zero-order valence-corrected chi connectivity index (χ0v) is 10.7. The minimum atomic E-state index is -1.22. The fourth-order valence-corrected chi connectivity index (χ4v) is 2.34. The van der Waals surface area contributed by atoms with Crippen molar-refractivity contribution < 1.29 is 24.4 Å². The number of aromatic nitrogens is 2. The summed E-state index contributed by atoms with van der Waals surface area (Å²) in [6, 6.07) is 1.38. The third kappa shape index (κ3) is 2.76. The first-order valence-corrected chi connectivity index (χ1v) is 6.28. The van der Waals surface area contributed by atoms with Gasteiger partial charge in [0.2, 0.25) is 0 Å². The molecule has 2 rings (SSSR count). The summed E-state index contributed by atoms with van der Waals surface area (Å²) in [6.07, 6.45) is -2.72. The van der Waals surface area contributed by atoms with Gasteiger partial charge in [0.25, 0.3) is 0 Å². The van der Waals surface area contributed by atoms with E-state index in [1.807, 2.05) is 0 Å². The molecule has 0 aliphatic carbocycles. The minimum absolute atomic E-state index is 0.0529. The summed E-state index contributed by atoms with van der Waals surface area (Å²) in [5, 5.41) is 19.2. The first-order chi connectivity index (χ1) is 9.08. The van der Waals surface area contributed by atoms with Gasteiger partial charge in [-0.05, 0) is 6.07 Å². The summed E-state index contributed by atoms with van der Waals surface area (Å²) in [7, 11) is -0.865. The molecule has 0 amide bonds. The summed E-state index contributed by atoms with van der Waals surface area (Å²) >= 11 is 0. The number of nitrogens with zero attached hydrogens (tertiary/aromatic N) is 2. The lowest BCUT2D eigenvalue weighted by Crippen LogP contribution is -2.36. The predicted octanol–water partition coefficient (Wildman–Crippen LogP) is -2.04. The Bertz CT molecular complexity index is 497. The van der Waals surface area contributed by atoms with Crippen LogP contribution in [-0.2, 0) is 9.26 Å². The monoisotopic (exact) mass is 291 g/mol. The lowest BCUT2D eigenvalue weighted by atomic mass is 10.1. The second-order valence-electron chi connectivity index (χ2n) is 3.95. The average molecular weight is 291 g/mol. The van der Waals surface area contributed by atoms with E-state index in [1.54, 1.807) is 0 Å². The van der Waals surface area contributed by atoms with Crippen LogP contribution >= 0.6 is 9.03 Å². The molecule has 0 bridgehead atoms. The highest BCUT2D eigenvalue weighted by Crippen LogP contribution is 2.33. The Labute approximate surface area is 109 Å². The number of ether oxygens (including phenoxy) is 1. The van der Waals surface area contributed by atoms with Gasteiger partial charge in [-0.25, -0.2) is 4.79 Å². The Hall–Kier alpha value is -1.09. The number of rotatable bonds is 4. The van der Waals surface area contributed by atoms with E-state index < -0.39 is 45.9 Å². The normalized spacial score (nSPS) is 31.3. The molecule has 0 radical (unpaired) electrons. The van der Waals surface area contributed by atoms with Gasteiger partial charge in [-0.15, -0.1) is 0 Å². The van der Waals surface area contributed by atoms with Crippen LogP contribution in [0, 0.1) is 0 Å². The second-order valence-corrected chi connectivity index (χ2v) is 4.37. The maximum Gasteiger partial charge on any atom is 0.351 e. The molecule has 5 atom stereocenters. The molecule has 5 N–H and O–H groups in total. The summed E-state index contributed by atoms with van der Waals surface area (Å²) < 4.78 is 11.3. The minimum Gasteiger partial charge on any atom is -0.394 e. The molecule has 1 saturated heterocycles. The van der Waals surface area contributed by atoms with Crippen LogP contribution in [0.2, 0.25) is 0 Å². The van der Waals surface area contributed by atoms with Crippen molar-refractivity contribution in [2.45, 2.75) is 24.5 Å². The predicted molar refractivity (Wildman–Crippen MR) is 65.3 cm³/mol. The molecule has 10 heteroatoms. The largest absolute Gasteiger partial charge is 0.394 e. The van der Waals surface area contributed by atoms with Crippen molar-refractivity contribution in [3.05, 3.63) is 22.7 Å². The number of nitrogens with two attached hydrogens (primary N) is 1. The van der Waals surface area contributed by atoms with Crippen LogP contribution in [0.3, 0.4) is 0 Å². The van der Waals surface area contributed by atoms with Crippen LogP contribution in [0.25, 0.3) is 0 Å². The lowest BCUT2D eigenvalue weighted by molar-refractivity contribution is -0.0542. The van der Waals surface area contributed by atoms with Crippen LogP contribution in [-0.4, -0.2) is 49.6 Å². The quantitative estimate of drug-likeness (QED) is 0.465. The maximum absolute atomic E-state index is 11.7. The molecule has 0 saturated carbocycles. The molecule has 106 valence electrons. The van der Waals surface area contributed by atoms with E-state index in [4.69, 9.17) is 25.0 Å². The molecule has 1 aliphatic heterocycles. The van der Waals surface area contributed by atoms with Crippen LogP contribution in [0.5, 0.6) is 0 Å². The zero-order valence-electron chi connectivity index (χ0n) is 9.71. The molecule has 9 nitrogen and oxygen atoms in total. The summed E-state index contributed by atoms with van der Waals surface area (Å²) in [5.74, 6) is 0.0529. The van der Waals surface area contributed by atoms with E-state index in [2.05, 4.69) is 4.98 Å². The number of anilines is 1. The highest BCUT2D eigenvalue weighted by Gasteiger charge is 2.45. The molecule has 1 fully saturated rings. The van der Waals surface area contributed by atoms with E-state index in [9.17, 15) is 9.90 Å². The zero-order chi connectivity index (χ0) is 14.0. The van der Waals surface area contributed by atoms with Gasteiger partial charge < -0.3 is 30.1 Å². The van der Waals surface area contributed by atoms with Gasteiger partial charge in [0.15, 0.2) is 15.3 Å². The van der Waals surface area contributed by atoms with Gasteiger partial charge in [-0.2, -0.15) is 4.98 Å². The maximum atomic E-state index is 11.7. The van der Waals surface area contributed by atoms with E-state index in [0.29, 0.717) is 0 Å². The van der Waals surface area contributed by atoms with Crippen LogP contribution < -0.4 is 11.4 Å². The lowest BCUT2D eigenvalue weighted by Gasteiger charge is -2.18. The molecule has 0 spiro atoms. The summed E-state index contributed by atoms with van der Waals surface area (Å²) in [5.41, 5.74) is 4.68. The fourth-order valence-electron chi connectivity index (χ4n) is 1.92. The molecule has 19 heavy (non-hydrogen) atoms. The van der Waals surface area contributed by atoms with Gasteiger partial charge in [-0.3, -0.25) is 4.57 Å². The first-order valence-electron chi connectivity index (χ1n) is 5.42. The molecular formula is C9H14N3O6P. The van der Waals surface area contributed by atoms with Crippen molar-refractivity contribution in [1.29, 1.82) is 0 Å². The number of nitrogen functional groups attached to an aromatic ring is 1. The summed E-state index contributed by atoms with van der Waals surface area (Å²) in [6.45, 7) is -0.417. The Morgan fingerprint density at radius 2 is 2.37 bits per heavy atom. The van der Waals surface area contributed by atoms with E-state index in [0.717, 1.165) is 4.57 Å². The van der Waals surface area contributed by atoms with Gasteiger partial charge in [0.05, 0.1) is 6.61 Å². The smallest absolute Gasteiger partial charge is 0.351 e. The van der Waals surface area contributed by atoms with Crippen molar-refractivity contribution in [2.24, 2.45) is 0 Å². The van der Waals surface area contributed by atoms with Crippen molar-refractivity contribution in [1.82, 2.24) is 9.55 Å². The number of aliphatic hydroxyl groups excluding tert-OH is 2. The molecule has 1 unspecified atom stereocenters. The standard InChI is InChI=1S/C9H14N3O6P/c10-5-1-2-12(9(15)11-5)8-6(14)7(18-19-16)4(3-13)17-8/h1-2,4,6-8,13-14,16,19H,3H2,(H2,10,11,15)/t4-,6-,7-,8-/m0/s1. The van der Waals surface area contributed by atoms with Crippen molar-refractivity contribution >= 4 is 14.9 Å². The molecule has 0 aromatic carbocycles. The van der Waals surface area contributed by atoms with E-state index in [1.165, 1.54) is 12.3 Å². The second kappa shape index (κ2) is 5.91. The van der Waals surface area contributed by atoms with Crippen molar-refractivity contribution in [3.8, 4) is 0 Å². The highest BCUT2D eigenvalue weighted by molar-refractivity contribution is 7.25. The Balaban J connectivity index is 2.28. The molecular weight excluding hydrogens is 277 g/mol. The Morgan fingerprint density at radius 1 is 1.63 bits per heavy atom. The van der Waals surface area contributed by atoms with Crippen molar-refractivity contribution in [3.63, 3.8) is 0 Å². The Morgan fingerprint density at radius 3 is 2.95 bits per heavy atom. The molecule has 1 aromatic heterocycles. The topological polar surface area (TPSA) is 140 Å². The average Bonchev–Trinajstić information content (AvgIpc) is 2.68. The molecule has 1 aromatic rings. The first kappa shape index (κ1) is 14.3. The van der Waals surface area contributed by atoms with E-state index in [-0.39, 0.29) is 5.82 Å².